The van der Waals surface area contributed by atoms with Gasteiger partial charge < -0.3 is 14.7 Å². The number of aliphatic hydroxyl groups excluding tert-OH is 1. The highest BCUT2D eigenvalue weighted by molar-refractivity contribution is 5.49. The molecule has 1 aromatic rings. The molecule has 0 spiro atoms. The molecule has 0 amide bonds. The number of anilines is 1. The lowest BCUT2D eigenvalue weighted by molar-refractivity contribution is 0.198. The summed E-state index contributed by atoms with van der Waals surface area (Å²) >= 11 is 0. The van der Waals surface area contributed by atoms with Gasteiger partial charge in [0.05, 0.1) is 18.4 Å². The molecule has 0 bridgehead atoms. The summed E-state index contributed by atoms with van der Waals surface area (Å²) in [6, 6.07) is 4.84. The largest absolute Gasteiger partial charge is 0.389 e. The number of hydrogen-bond acceptors (Lipinski definition) is 3. The molecular weight excluding hydrogens is 221 g/mol. The molecule has 0 radical (unpaired) electrons. The summed E-state index contributed by atoms with van der Waals surface area (Å²) in [5.74, 6) is -0.304. The molecule has 0 fully saturated rings. The Bertz CT molecular complexity index is 355. The van der Waals surface area contributed by atoms with E-state index in [2.05, 4.69) is 0 Å². The number of ether oxygens (including phenoxy) is 1. The van der Waals surface area contributed by atoms with Crippen molar-refractivity contribution in [3.05, 3.63) is 29.6 Å². The first-order chi connectivity index (χ1) is 8.10. The predicted octanol–water partition coefficient (Wildman–Crippen LogP) is 2.35. The summed E-state index contributed by atoms with van der Waals surface area (Å²) in [4.78, 5) is 1.91. The molecule has 17 heavy (non-hydrogen) atoms. The Labute approximate surface area is 102 Å². The van der Waals surface area contributed by atoms with Crippen LogP contribution in [-0.2, 0) is 4.74 Å². The van der Waals surface area contributed by atoms with Crippen LogP contribution < -0.4 is 4.90 Å². The number of halogens is 1. The van der Waals surface area contributed by atoms with Gasteiger partial charge in [0, 0.05) is 20.2 Å². The van der Waals surface area contributed by atoms with E-state index in [1.165, 1.54) is 6.07 Å². The van der Waals surface area contributed by atoms with Gasteiger partial charge in [-0.2, -0.15) is 0 Å². The van der Waals surface area contributed by atoms with Crippen LogP contribution in [0.3, 0.4) is 0 Å². The van der Waals surface area contributed by atoms with Crippen molar-refractivity contribution in [2.45, 2.75) is 20.0 Å². The summed E-state index contributed by atoms with van der Waals surface area (Å²) in [5.41, 5.74) is 1.14. The van der Waals surface area contributed by atoms with E-state index < -0.39 is 6.10 Å². The highest BCUT2D eigenvalue weighted by atomic mass is 19.1. The first-order valence-electron chi connectivity index (χ1n) is 5.81. The average molecular weight is 241 g/mol. The van der Waals surface area contributed by atoms with E-state index >= 15 is 0 Å². The highest BCUT2D eigenvalue weighted by Crippen LogP contribution is 2.23. The lowest BCUT2D eigenvalue weighted by Gasteiger charge is -2.23. The van der Waals surface area contributed by atoms with Crippen molar-refractivity contribution in [2.75, 3.05) is 31.7 Å². The van der Waals surface area contributed by atoms with E-state index in [4.69, 9.17) is 4.74 Å². The standard InChI is InChI=1S/C13H20FNO2/c1-4-15(7-8-17-3)13-6-5-11(10(2)16)9-12(13)14/h5-6,9-10,16H,4,7-8H2,1-3H3/t10-/m1/s1. The van der Waals surface area contributed by atoms with Crippen LogP contribution in [0.2, 0.25) is 0 Å². The van der Waals surface area contributed by atoms with Crippen LogP contribution in [0, 0.1) is 5.82 Å². The zero-order chi connectivity index (χ0) is 12.8. The molecule has 3 nitrogen and oxygen atoms in total. The molecule has 4 heteroatoms. The van der Waals surface area contributed by atoms with E-state index in [0.29, 0.717) is 30.9 Å². The average Bonchev–Trinajstić information content (AvgIpc) is 2.31. The summed E-state index contributed by atoms with van der Waals surface area (Å²) in [6.07, 6.45) is -0.646. The van der Waals surface area contributed by atoms with Gasteiger partial charge in [-0.15, -0.1) is 0 Å². The fourth-order valence-electron chi connectivity index (χ4n) is 1.69. The van der Waals surface area contributed by atoms with Gasteiger partial charge in [0.2, 0.25) is 0 Å². The van der Waals surface area contributed by atoms with Crippen molar-refractivity contribution in [3.8, 4) is 0 Å². The number of rotatable bonds is 6. The summed E-state index contributed by atoms with van der Waals surface area (Å²) in [5, 5.41) is 9.38. The zero-order valence-corrected chi connectivity index (χ0v) is 10.6. The third-order valence-electron chi connectivity index (χ3n) is 2.74. The van der Waals surface area contributed by atoms with E-state index in [-0.39, 0.29) is 5.82 Å². The highest BCUT2D eigenvalue weighted by Gasteiger charge is 2.11. The maximum Gasteiger partial charge on any atom is 0.146 e. The first kappa shape index (κ1) is 13.9. The quantitative estimate of drug-likeness (QED) is 0.830. The third-order valence-corrected chi connectivity index (χ3v) is 2.74. The number of hydrogen-bond donors (Lipinski definition) is 1. The van der Waals surface area contributed by atoms with Crippen LogP contribution >= 0.6 is 0 Å². The van der Waals surface area contributed by atoms with Gasteiger partial charge in [0.15, 0.2) is 0 Å². The minimum Gasteiger partial charge on any atom is -0.389 e. The maximum absolute atomic E-state index is 13.9. The molecular formula is C13H20FNO2. The first-order valence-corrected chi connectivity index (χ1v) is 5.81. The van der Waals surface area contributed by atoms with Crippen molar-refractivity contribution < 1.29 is 14.2 Å². The Kier molecular flexibility index (Phi) is 5.38. The number of methoxy groups -OCH3 is 1. The fourth-order valence-corrected chi connectivity index (χ4v) is 1.69. The van der Waals surface area contributed by atoms with Crippen LogP contribution in [0.5, 0.6) is 0 Å². The lowest BCUT2D eigenvalue weighted by Crippen LogP contribution is -2.27. The Morgan fingerprint density at radius 3 is 2.65 bits per heavy atom. The molecule has 0 aliphatic carbocycles. The minimum absolute atomic E-state index is 0.304. The van der Waals surface area contributed by atoms with Gasteiger partial charge >= 0.3 is 0 Å². The topological polar surface area (TPSA) is 32.7 Å². The maximum atomic E-state index is 13.9. The van der Waals surface area contributed by atoms with Crippen LogP contribution in [0.4, 0.5) is 10.1 Å². The van der Waals surface area contributed by atoms with Crippen LogP contribution in [0.15, 0.2) is 18.2 Å². The lowest BCUT2D eigenvalue weighted by atomic mass is 10.1. The van der Waals surface area contributed by atoms with Crippen LogP contribution in [-0.4, -0.2) is 31.9 Å². The normalized spacial score (nSPS) is 12.5. The van der Waals surface area contributed by atoms with Gasteiger partial charge in [-0.1, -0.05) is 6.07 Å². The van der Waals surface area contributed by atoms with E-state index in [1.54, 1.807) is 26.2 Å². The predicted molar refractivity (Wildman–Crippen MR) is 66.8 cm³/mol. The van der Waals surface area contributed by atoms with Gasteiger partial charge in [-0.25, -0.2) is 4.39 Å². The molecule has 1 rings (SSSR count). The molecule has 1 atom stereocenters. The number of likely N-dealkylation sites (N-methyl/N-ethyl adjacent to an activating group) is 1. The molecule has 1 aromatic carbocycles. The number of nitrogens with zero attached hydrogens (tertiary/aromatic N) is 1. The molecule has 0 saturated carbocycles. The Morgan fingerprint density at radius 1 is 1.47 bits per heavy atom. The molecule has 0 unspecified atom stereocenters. The van der Waals surface area contributed by atoms with E-state index in [1.807, 2.05) is 11.8 Å². The van der Waals surface area contributed by atoms with Crippen molar-refractivity contribution in [1.29, 1.82) is 0 Å². The van der Waals surface area contributed by atoms with Crippen molar-refractivity contribution in [2.24, 2.45) is 0 Å². The second-order valence-electron chi connectivity index (χ2n) is 3.96. The third kappa shape index (κ3) is 3.68. The van der Waals surface area contributed by atoms with Crippen molar-refractivity contribution in [1.82, 2.24) is 0 Å². The fraction of sp³-hybridized carbons (Fsp3) is 0.538. The second kappa shape index (κ2) is 6.57. The SMILES string of the molecule is CCN(CCOC)c1ccc([C@@H](C)O)cc1F. The Balaban J connectivity index is 2.88. The summed E-state index contributed by atoms with van der Waals surface area (Å²) < 4.78 is 18.9. The zero-order valence-electron chi connectivity index (χ0n) is 10.6. The summed E-state index contributed by atoms with van der Waals surface area (Å²) in [6.45, 7) is 5.52. The molecule has 0 heterocycles. The Morgan fingerprint density at radius 2 is 2.18 bits per heavy atom. The smallest absolute Gasteiger partial charge is 0.146 e. The molecule has 0 saturated heterocycles. The van der Waals surface area contributed by atoms with Gasteiger partial charge in [-0.3, -0.25) is 0 Å². The van der Waals surface area contributed by atoms with Gasteiger partial charge in [0.1, 0.15) is 5.82 Å². The number of benzene rings is 1. The van der Waals surface area contributed by atoms with Crippen LogP contribution in [0.25, 0.3) is 0 Å². The minimum atomic E-state index is -0.646. The van der Waals surface area contributed by atoms with Crippen LogP contribution in [0.1, 0.15) is 25.5 Å². The second-order valence-corrected chi connectivity index (χ2v) is 3.96. The van der Waals surface area contributed by atoms with Gasteiger partial charge in [-0.05, 0) is 31.5 Å². The Hall–Kier alpha value is -1.13. The molecule has 0 aliphatic heterocycles. The van der Waals surface area contributed by atoms with E-state index in [0.717, 1.165) is 0 Å². The molecule has 96 valence electrons. The van der Waals surface area contributed by atoms with E-state index in [9.17, 15) is 9.50 Å². The molecule has 0 aromatic heterocycles. The molecule has 0 aliphatic rings. The number of aliphatic hydroxyl groups is 1. The monoisotopic (exact) mass is 241 g/mol. The summed E-state index contributed by atoms with van der Waals surface area (Å²) in [7, 11) is 1.63. The molecule has 1 N–H and O–H groups in total. The van der Waals surface area contributed by atoms with Crippen molar-refractivity contribution in [3.63, 3.8) is 0 Å². The van der Waals surface area contributed by atoms with Crippen molar-refractivity contribution >= 4 is 5.69 Å². The van der Waals surface area contributed by atoms with Gasteiger partial charge in [0.25, 0.3) is 0 Å².